The largest absolute Gasteiger partial charge is 0.457 e. The van der Waals surface area contributed by atoms with E-state index < -0.39 is 0 Å². The van der Waals surface area contributed by atoms with Gasteiger partial charge >= 0.3 is 0 Å². The maximum Gasteiger partial charge on any atom is 0.256 e. The number of hydrogen-bond donors (Lipinski definition) is 1. The quantitative estimate of drug-likeness (QED) is 0.919. The Bertz CT molecular complexity index is 380. The monoisotopic (exact) mass is 271 g/mol. The molecular weight excluding hydrogens is 258 g/mol. The number of amides is 1. The zero-order chi connectivity index (χ0) is 11.1. The molecule has 1 saturated carbocycles. The van der Waals surface area contributed by atoms with Gasteiger partial charge in [0.15, 0.2) is 4.67 Å². The zero-order valence-electron chi connectivity index (χ0n) is 8.84. The summed E-state index contributed by atoms with van der Waals surface area (Å²) in [6.45, 7) is 4.13. The molecule has 1 aliphatic rings. The van der Waals surface area contributed by atoms with E-state index in [4.69, 9.17) is 4.42 Å². The van der Waals surface area contributed by atoms with Crippen molar-refractivity contribution < 1.29 is 9.21 Å². The molecule has 0 unspecified atom stereocenters. The van der Waals surface area contributed by atoms with Gasteiger partial charge in [-0.1, -0.05) is 0 Å². The van der Waals surface area contributed by atoms with Crippen LogP contribution in [-0.2, 0) is 0 Å². The minimum atomic E-state index is -0.117. The van der Waals surface area contributed by atoms with Crippen LogP contribution in [0.2, 0.25) is 0 Å². The van der Waals surface area contributed by atoms with E-state index in [9.17, 15) is 4.79 Å². The summed E-state index contributed by atoms with van der Waals surface area (Å²) >= 11 is 3.20. The Morgan fingerprint density at radius 3 is 2.73 bits per heavy atom. The van der Waals surface area contributed by atoms with Crippen molar-refractivity contribution in [2.45, 2.75) is 32.2 Å². The van der Waals surface area contributed by atoms with Gasteiger partial charge in [-0.05, 0) is 54.6 Å². The van der Waals surface area contributed by atoms with Crippen molar-refractivity contribution in [2.24, 2.45) is 5.92 Å². The van der Waals surface area contributed by atoms with Gasteiger partial charge in [0.25, 0.3) is 5.91 Å². The molecule has 1 aromatic rings. The van der Waals surface area contributed by atoms with Crippen molar-refractivity contribution in [3.05, 3.63) is 22.6 Å². The highest BCUT2D eigenvalue weighted by Gasteiger charge is 2.39. The molecule has 0 aliphatic heterocycles. The average molecular weight is 272 g/mol. The van der Waals surface area contributed by atoms with Gasteiger partial charge in [0.05, 0.1) is 11.8 Å². The first-order valence-electron chi connectivity index (χ1n) is 5.06. The van der Waals surface area contributed by atoms with E-state index in [2.05, 4.69) is 35.1 Å². The third kappa shape index (κ3) is 2.25. The van der Waals surface area contributed by atoms with E-state index >= 15 is 0 Å². The van der Waals surface area contributed by atoms with E-state index in [1.165, 1.54) is 19.1 Å². The second-order valence-corrected chi connectivity index (χ2v) is 5.28. The maximum atomic E-state index is 11.9. The number of nitrogens with one attached hydrogen (secondary N) is 1. The Balaban J connectivity index is 2.06. The predicted molar refractivity (Wildman–Crippen MR) is 60.7 cm³/mol. The van der Waals surface area contributed by atoms with Crippen molar-refractivity contribution in [2.75, 3.05) is 0 Å². The van der Waals surface area contributed by atoms with E-state index in [-0.39, 0.29) is 11.4 Å². The molecule has 1 fully saturated rings. The van der Waals surface area contributed by atoms with E-state index in [0.29, 0.717) is 16.2 Å². The number of hydrogen-bond acceptors (Lipinski definition) is 2. The molecule has 1 N–H and O–H groups in total. The zero-order valence-corrected chi connectivity index (χ0v) is 10.4. The van der Waals surface area contributed by atoms with Crippen molar-refractivity contribution in [3.63, 3.8) is 0 Å². The Labute approximate surface area is 97.4 Å². The maximum absolute atomic E-state index is 11.9. The van der Waals surface area contributed by atoms with Crippen LogP contribution in [0.4, 0.5) is 0 Å². The number of rotatable bonds is 3. The first-order chi connectivity index (χ1) is 7.00. The molecule has 0 spiro atoms. The second-order valence-electron chi connectivity index (χ2n) is 4.56. The first kappa shape index (κ1) is 10.7. The number of carbonyl (C=O) groups excluding carboxylic acids is 1. The van der Waals surface area contributed by atoms with Crippen LogP contribution in [0.25, 0.3) is 0 Å². The lowest BCUT2D eigenvalue weighted by Gasteiger charge is -2.25. The van der Waals surface area contributed by atoms with Gasteiger partial charge < -0.3 is 9.73 Å². The van der Waals surface area contributed by atoms with Crippen LogP contribution < -0.4 is 5.32 Å². The molecule has 0 saturated heterocycles. The van der Waals surface area contributed by atoms with E-state index in [1.807, 2.05) is 0 Å². The molecule has 0 bridgehead atoms. The fourth-order valence-corrected chi connectivity index (χ4v) is 2.14. The first-order valence-corrected chi connectivity index (χ1v) is 5.85. The lowest BCUT2D eigenvalue weighted by Crippen LogP contribution is -2.45. The van der Waals surface area contributed by atoms with Gasteiger partial charge in [-0.3, -0.25) is 4.79 Å². The van der Waals surface area contributed by atoms with Crippen molar-refractivity contribution in [1.29, 1.82) is 0 Å². The van der Waals surface area contributed by atoms with Gasteiger partial charge in [0.2, 0.25) is 0 Å². The molecule has 4 heteroatoms. The lowest BCUT2D eigenvalue weighted by molar-refractivity contribution is 0.0901. The molecule has 3 nitrogen and oxygen atoms in total. The van der Waals surface area contributed by atoms with Crippen LogP contribution in [0.3, 0.4) is 0 Å². The molecule has 0 atom stereocenters. The summed E-state index contributed by atoms with van der Waals surface area (Å²) in [7, 11) is 0. The highest BCUT2D eigenvalue weighted by atomic mass is 79.9. The fraction of sp³-hybridized carbons (Fsp3) is 0.545. The molecule has 1 aromatic heterocycles. The van der Waals surface area contributed by atoms with Gasteiger partial charge in [-0.15, -0.1) is 0 Å². The van der Waals surface area contributed by atoms with E-state index in [1.54, 1.807) is 6.07 Å². The normalized spacial score (nSPS) is 16.5. The standard InChI is InChI=1S/C11H14BrNO2/c1-11(2,7-3-4-7)13-10(14)8-5-6-15-9(8)12/h5-7H,3-4H2,1-2H3,(H,13,14). The summed E-state index contributed by atoms with van der Waals surface area (Å²) < 4.78 is 5.52. The second kappa shape index (κ2) is 3.67. The van der Waals surface area contributed by atoms with Crippen molar-refractivity contribution in [3.8, 4) is 0 Å². The van der Waals surface area contributed by atoms with Gasteiger partial charge in [-0.25, -0.2) is 0 Å². The Morgan fingerprint density at radius 2 is 2.27 bits per heavy atom. The Kier molecular flexibility index (Phi) is 2.63. The summed E-state index contributed by atoms with van der Waals surface area (Å²) in [6.07, 6.45) is 3.92. The number of halogens is 1. The molecule has 0 radical (unpaired) electrons. The highest BCUT2D eigenvalue weighted by molar-refractivity contribution is 9.10. The van der Waals surface area contributed by atoms with Gasteiger partial charge in [0.1, 0.15) is 0 Å². The summed E-state index contributed by atoms with van der Waals surface area (Å²) in [4.78, 5) is 11.9. The third-order valence-electron chi connectivity index (χ3n) is 2.90. The summed E-state index contributed by atoms with van der Waals surface area (Å²) in [5, 5.41) is 3.03. The highest BCUT2D eigenvalue weighted by Crippen LogP contribution is 2.39. The lowest BCUT2D eigenvalue weighted by atomic mass is 9.98. The molecule has 1 aliphatic carbocycles. The fourth-order valence-electron chi connectivity index (χ4n) is 1.72. The summed E-state index contributed by atoms with van der Waals surface area (Å²) in [5.74, 6) is 0.541. The Hall–Kier alpha value is -0.770. The average Bonchev–Trinajstić information content (AvgIpc) is 2.89. The van der Waals surface area contributed by atoms with Crippen LogP contribution in [0.1, 0.15) is 37.0 Å². The van der Waals surface area contributed by atoms with Crippen LogP contribution in [0, 0.1) is 5.92 Å². The topological polar surface area (TPSA) is 42.2 Å². The molecule has 2 rings (SSSR count). The SMILES string of the molecule is CC(C)(NC(=O)c1ccoc1Br)C1CC1. The van der Waals surface area contributed by atoms with Crippen molar-refractivity contribution in [1.82, 2.24) is 5.32 Å². The number of furan rings is 1. The van der Waals surface area contributed by atoms with Crippen LogP contribution in [0.5, 0.6) is 0 Å². The summed E-state index contributed by atoms with van der Waals surface area (Å²) in [6, 6.07) is 1.67. The molecular formula is C11H14BrNO2. The molecule has 1 heterocycles. The third-order valence-corrected chi connectivity index (χ3v) is 3.51. The predicted octanol–water partition coefficient (Wildman–Crippen LogP) is 2.96. The molecule has 15 heavy (non-hydrogen) atoms. The van der Waals surface area contributed by atoms with E-state index in [0.717, 1.165) is 0 Å². The Morgan fingerprint density at radius 1 is 1.60 bits per heavy atom. The van der Waals surface area contributed by atoms with Crippen LogP contribution >= 0.6 is 15.9 Å². The van der Waals surface area contributed by atoms with Crippen molar-refractivity contribution >= 4 is 21.8 Å². The minimum Gasteiger partial charge on any atom is -0.457 e. The molecule has 0 aromatic carbocycles. The smallest absolute Gasteiger partial charge is 0.256 e. The van der Waals surface area contributed by atoms with Gasteiger partial charge in [0, 0.05) is 5.54 Å². The molecule has 1 amide bonds. The van der Waals surface area contributed by atoms with Crippen LogP contribution in [-0.4, -0.2) is 11.4 Å². The minimum absolute atomic E-state index is 0.0764. The van der Waals surface area contributed by atoms with Crippen LogP contribution in [0.15, 0.2) is 21.4 Å². The summed E-state index contributed by atoms with van der Waals surface area (Å²) in [5.41, 5.74) is 0.442. The molecule has 82 valence electrons. The number of carbonyl (C=O) groups is 1. The van der Waals surface area contributed by atoms with Gasteiger partial charge in [-0.2, -0.15) is 0 Å².